The molecule has 2 aromatic carbocycles. The maximum Gasteiger partial charge on any atom is 0.252 e. The van der Waals surface area contributed by atoms with Crippen molar-refractivity contribution in [3.05, 3.63) is 76.1 Å². The van der Waals surface area contributed by atoms with Crippen molar-refractivity contribution in [2.24, 2.45) is 0 Å². The van der Waals surface area contributed by atoms with E-state index in [9.17, 15) is 4.79 Å². The molecule has 1 heterocycles. The molecular weight excluding hydrogens is 428 g/mol. The predicted molar refractivity (Wildman–Crippen MR) is 109 cm³/mol. The van der Waals surface area contributed by atoms with Gasteiger partial charge in [-0.3, -0.25) is 4.79 Å². The van der Waals surface area contributed by atoms with E-state index in [4.69, 9.17) is 9.26 Å². The minimum absolute atomic E-state index is 0.121. The standard InChI is InChI=1S/C20H19BrN2O3S/c1-14-11-17(26-23-14)13-27-19-8-3-2-7-18(19)20(24)22-9-10-25-16-6-4-5-15(21)12-16/h2-8,11-12H,9-10,13H2,1H3,(H,22,24). The summed E-state index contributed by atoms with van der Waals surface area (Å²) in [7, 11) is 0. The van der Waals surface area contributed by atoms with Gasteiger partial charge in [-0.1, -0.05) is 39.3 Å². The van der Waals surface area contributed by atoms with Gasteiger partial charge in [-0.25, -0.2) is 0 Å². The van der Waals surface area contributed by atoms with Gasteiger partial charge in [-0.05, 0) is 37.3 Å². The summed E-state index contributed by atoms with van der Waals surface area (Å²) in [5.74, 6) is 2.05. The van der Waals surface area contributed by atoms with E-state index in [2.05, 4.69) is 26.4 Å². The maximum atomic E-state index is 12.5. The lowest BCUT2D eigenvalue weighted by Gasteiger charge is -2.10. The summed E-state index contributed by atoms with van der Waals surface area (Å²) in [6, 6.07) is 17.0. The van der Waals surface area contributed by atoms with Crippen LogP contribution >= 0.6 is 27.7 Å². The number of hydrogen-bond donors (Lipinski definition) is 1. The summed E-state index contributed by atoms with van der Waals surface area (Å²) in [5.41, 5.74) is 1.49. The zero-order valence-corrected chi connectivity index (χ0v) is 17.2. The average Bonchev–Trinajstić information content (AvgIpc) is 3.09. The molecule has 1 amide bonds. The van der Waals surface area contributed by atoms with Gasteiger partial charge in [-0.15, -0.1) is 11.8 Å². The molecule has 0 atom stereocenters. The van der Waals surface area contributed by atoms with Crippen LogP contribution in [0.5, 0.6) is 5.75 Å². The number of carbonyl (C=O) groups excluding carboxylic acids is 1. The highest BCUT2D eigenvalue weighted by Gasteiger charge is 2.12. The number of aromatic nitrogens is 1. The Morgan fingerprint density at radius 3 is 2.85 bits per heavy atom. The number of aryl methyl sites for hydroxylation is 1. The van der Waals surface area contributed by atoms with E-state index in [0.29, 0.717) is 24.5 Å². The Bertz CT molecular complexity index is 914. The molecule has 0 aliphatic heterocycles. The number of benzene rings is 2. The van der Waals surface area contributed by atoms with Crippen molar-refractivity contribution >= 4 is 33.6 Å². The molecule has 0 radical (unpaired) electrons. The zero-order valence-electron chi connectivity index (χ0n) is 14.8. The Hall–Kier alpha value is -2.25. The second kappa shape index (κ2) is 9.62. The van der Waals surface area contributed by atoms with Crippen LogP contribution in [0.25, 0.3) is 0 Å². The number of nitrogens with zero attached hydrogens (tertiary/aromatic N) is 1. The molecule has 0 spiro atoms. The van der Waals surface area contributed by atoms with Crippen LogP contribution in [0.4, 0.5) is 0 Å². The van der Waals surface area contributed by atoms with Gasteiger partial charge in [0.25, 0.3) is 5.91 Å². The highest BCUT2D eigenvalue weighted by Crippen LogP contribution is 2.26. The number of amides is 1. The van der Waals surface area contributed by atoms with Gasteiger partial charge in [0.1, 0.15) is 18.1 Å². The second-order valence-corrected chi connectivity index (χ2v) is 7.71. The molecule has 0 aliphatic rings. The number of nitrogens with one attached hydrogen (secondary N) is 1. The SMILES string of the molecule is Cc1cc(CSc2ccccc2C(=O)NCCOc2cccc(Br)c2)on1. The van der Waals surface area contributed by atoms with Crippen molar-refractivity contribution in [3.63, 3.8) is 0 Å². The van der Waals surface area contributed by atoms with Crippen molar-refractivity contribution < 1.29 is 14.1 Å². The molecule has 1 aromatic heterocycles. The van der Waals surface area contributed by atoms with Gasteiger partial charge in [0.05, 0.1) is 23.6 Å². The van der Waals surface area contributed by atoms with E-state index >= 15 is 0 Å². The molecule has 140 valence electrons. The van der Waals surface area contributed by atoms with Gasteiger partial charge in [0.15, 0.2) is 0 Å². The fourth-order valence-corrected chi connectivity index (χ4v) is 3.70. The van der Waals surface area contributed by atoms with Crippen molar-refractivity contribution in [2.45, 2.75) is 17.6 Å². The number of rotatable bonds is 8. The summed E-state index contributed by atoms with van der Waals surface area (Å²) in [5, 5.41) is 6.78. The monoisotopic (exact) mass is 446 g/mol. The fraction of sp³-hybridized carbons (Fsp3) is 0.200. The van der Waals surface area contributed by atoms with Crippen molar-refractivity contribution in [3.8, 4) is 5.75 Å². The quantitative estimate of drug-likeness (QED) is 0.395. The van der Waals surface area contributed by atoms with E-state index in [1.54, 1.807) is 11.8 Å². The molecule has 3 rings (SSSR count). The van der Waals surface area contributed by atoms with E-state index < -0.39 is 0 Å². The molecule has 7 heteroatoms. The van der Waals surface area contributed by atoms with Crippen LogP contribution in [0.1, 0.15) is 21.8 Å². The average molecular weight is 447 g/mol. The predicted octanol–water partition coefficient (Wildman–Crippen LogP) is 4.85. The molecule has 0 saturated carbocycles. The summed E-state index contributed by atoms with van der Waals surface area (Å²) >= 11 is 4.95. The van der Waals surface area contributed by atoms with Crippen LogP contribution in [-0.4, -0.2) is 24.2 Å². The number of thioether (sulfide) groups is 1. The lowest BCUT2D eigenvalue weighted by atomic mass is 10.2. The topological polar surface area (TPSA) is 64.4 Å². The highest BCUT2D eigenvalue weighted by molar-refractivity contribution is 9.10. The fourth-order valence-electron chi connectivity index (χ4n) is 2.40. The van der Waals surface area contributed by atoms with Crippen LogP contribution in [0.15, 0.2) is 68.5 Å². The van der Waals surface area contributed by atoms with Crippen LogP contribution in [0, 0.1) is 6.92 Å². The Morgan fingerprint density at radius 1 is 1.22 bits per heavy atom. The molecule has 0 unspecified atom stereocenters. The van der Waals surface area contributed by atoms with Crippen molar-refractivity contribution in [1.29, 1.82) is 0 Å². The first-order valence-electron chi connectivity index (χ1n) is 8.42. The zero-order chi connectivity index (χ0) is 19.1. The van der Waals surface area contributed by atoms with Gasteiger partial charge >= 0.3 is 0 Å². The third-order valence-corrected chi connectivity index (χ3v) is 5.22. The molecule has 1 N–H and O–H groups in total. The summed E-state index contributed by atoms with van der Waals surface area (Å²) in [6.07, 6.45) is 0. The lowest BCUT2D eigenvalue weighted by molar-refractivity contribution is 0.0944. The van der Waals surface area contributed by atoms with E-state index in [1.807, 2.05) is 61.5 Å². The largest absolute Gasteiger partial charge is 0.492 e. The first kappa shape index (κ1) is 19.5. The van der Waals surface area contributed by atoms with Gasteiger partial charge in [-0.2, -0.15) is 0 Å². The molecule has 0 bridgehead atoms. The van der Waals surface area contributed by atoms with Gasteiger partial charge < -0.3 is 14.6 Å². The van der Waals surface area contributed by atoms with E-state index in [1.165, 1.54) is 0 Å². The Morgan fingerprint density at radius 2 is 2.07 bits per heavy atom. The summed E-state index contributed by atoms with van der Waals surface area (Å²) < 4.78 is 11.8. The Labute approximate surface area is 170 Å². The minimum Gasteiger partial charge on any atom is -0.492 e. The number of hydrogen-bond acceptors (Lipinski definition) is 5. The maximum absolute atomic E-state index is 12.5. The molecule has 3 aromatic rings. The van der Waals surface area contributed by atoms with Gasteiger partial charge in [0.2, 0.25) is 0 Å². The first-order chi connectivity index (χ1) is 13.1. The molecule has 5 nitrogen and oxygen atoms in total. The molecule has 0 saturated heterocycles. The smallest absolute Gasteiger partial charge is 0.252 e. The highest BCUT2D eigenvalue weighted by atomic mass is 79.9. The third-order valence-electron chi connectivity index (χ3n) is 3.63. The van der Waals surface area contributed by atoms with Gasteiger partial charge in [0, 0.05) is 15.4 Å². The van der Waals surface area contributed by atoms with Crippen LogP contribution in [-0.2, 0) is 5.75 Å². The molecule has 0 fully saturated rings. The molecule has 27 heavy (non-hydrogen) atoms. The minimum atomic E-state index is -0.121. The Balaban J connectivity index is 1.51. The first-order valence-corrected chi connectivity index (χ1v) is 10.2. The molecular formula is C20H19BrN2O3S. The van der Waals surface area contributed by atoms with Crippen molar-refractivity contribution in [2.75, 3.05) is 13.2 Å². The third kappa shape index (κ3) is 5.87. The van der Waals surface area contributed by atoms with Crippen molar-refractivity contribution in [1.82, 2.24) is 10.5 Å². The normalized spacial score (nSPS) is 10.6. The van der Waals surface area contributed by atoms with Crippen LogP contribution in [0.2, 0.25) is 0 Å². The van der Waals surface area contributed by atoms with Crippen LogP contribution < -0.4 is 10.1 Å². The summed E-state index contributed by atoms with van der Waals surface area (Å²) in [6.45, 7) is 2.70. The number of ether oxygens (including phenoxy) is 1. The number of halogens is 1. The summed E-state index contributed by atoms with van der Waals surface area (Å²) in [4.78, 5) is 13.4. The van der Waals surface area contributed by atoms with Crippen LogP contribution in [0.3, 0.4) is 0 Å². The van der Waals surface area contributed by atoms with E-state index in [0.717, 1.165) is 26.6 Å². The Kier molecular flexibility index (Phi) is 6.95. The lowest BCUT2D eigenvalue weighted by Crippen LogP contribution is -2.28. The van der Waals surface area contributed by atoms with E-state index in [-0.39, 0.29) is 5.91 Å². The number of carbonyl (C=O) groups is 1. The second-order valence-electron chi connectivity index (χ2n) is 5.78. The molecule has 0 aliphatic carbocycles.